The molecule has 0 saturated carbocycles. The maximum atomic E-state index is 11.2. The van der Waals surface area contributed by atoms with E-state index in [0.29, 0.717) is 0 Å². The molecular weight excluding hydrogens is 166 g/mol. The summed E-state index contributed by atoms with van der Waals surface area (Å²) in [4.78, 5) is 16.7. The van der Waals surface area contributed by atoms with E-state index >= 15 is 0 Å². The molecule has 0 heterocycles. The lowest BCUT2D eigenvalue weighted by atomic mass is 10.1. The van der Waals surface area contributed by atoms with E-state index in [1.54, 1.807) is 18.9 Å². The number of carbonyl (C=O) groups excluding carboxylic acids is 1. The minimum atomic E-state index is -0.734. The number of hydrogen-bond acceptors (Lipinski definition) is 3. The average molecular weight is 187 g/mol. The smallest absolute Gasteiger partial charge is 0.163 e. The SMILES string of the molecule is CC(=O)C(C)(C)ON(C)C(C)(C)C. The van der Waals surface area contributed by atoms with Gasteiger partial charge in [0.05, 0.1) is 0 Å². The van der Waals surface area contributed by atoms with Crippen LogP contribution in [0.1, 0.15) is 41.5 Å². The lowest BCUT2D eigenvalue weighted by Crippen LogP contribution is -2.46. The van der Waals surface area contributed by atoms with Gasteiger partial charge in [0, 0.05) is 12.6 Å². The maximum absolute atomic E-state index is 11.2. The van der Waals surface area contributed by atoms with Crippen molar-refractivity contribution in [2.45, 2.75) is 52.7 Å². The van der Waals surface area contributed by atoms with E-state index in [0.717, 1.165) is 0 Å². The minimum absolute atomic E-state index is 0.0311. The van der Waals surface area contributed by atoms with E-state index in [2.05, 4.69) is 0 Å². The van der Waals surface area contributed by atoms with Gasteiger partial charge < -0.3 is 0 Å². The second kappa shape index (κ2) is 3.76. The molecule has 13 heavy (non-hydrogen) atoms. The molecule has 3 nitrogen and oxygen atoms in total. The molecule has 0 fully saturated rings. The monoisotopic (exact) mass is 187 g/mol. The zero-order chi connectivity index (χ0) is 10.9. The second-order valence-electron chi connectivity index (χ2n) is 4.83. The average Bonchev–Trinajstić information content (AvgIpc) is 1.83. The van der Waals surface area contributed by atoms with Gasteiger partial charge in [-0.15, -0.1) is 0 Å². The predicted molar refractivity (Wildman–Crippen MR) is 53.4 cm³/mol. The highest BCUT2D eigenvalue weighted by molar-refractivity contribution is 5.83. The first-order valence-corrected chi connectivity index (χ1v) is 4.51. The quantitative estimate of drug-likeness (QED) is 0.633. The molecule has 0 radical (unpaired) electrons. The summed E-state index contributed by atoms with van der Waals surface area (Å²) in [5, 5.41) is 1.72. The molecule has 0 atom stereocenters. The van der Waals surface area contributed by atoms with Crippen molar-refractivity contribution in [2.24, 2.45) is 0 Å². The molecule has 0 aromatic rings. The van der Waals surface area contributed by atoms with Crippen LogP contribution in [0.5, 0.6) is 0 Å². The molecule has 0 N–H and O–H groups in total. The van der Waals surface area contributed by atoms with Crippen molar-refractivity contribution in [3.63, 3.8) is 0 Å². The van der Waals surface area contributed by atoms with Crippen molar-refractivity contribution in [3.05, 3.63) is 0 Å². The standard InChI is InChI=1S/C10H21NO2/c1-8(12)10(5,6)13-11(7)9(2,3)4/h1-7H3. The zero-order valence-corrected chi connectivity index (χ0v) is 9.76. The fraction of sp³-hybridized carbons (Fsp3) is 0.900. The predicted octanol–water partition coefficient (Wildman–Crippen LogP) is 2.02. The van der Waals surface area contributed by atoms with Crippen LogP contribution < -0.4 is 0 Å². The Morgan fingerprint density at radius 3 is 1.77 bits per heavy atom. The van der Waals surface area contributed by atoms with Crippen LogP contribution in [-0.2, 0) is 9.63 Å². The van der Waals surface area contributed by atoms with E-state index < -0.39 is 5.60 Å². The van der Waals surface area contributed by atoms with Crippen LogP contribution in [0.2, 0.25) is 0 Å². The summed E-state index contributed by atoms with van der Waals surface area (Å²) in [5.41, 5.74) is -0.825. The van der Waals surface area contributed by atoms with E-state index in [1.165, 1.54) is 6.92 Å². The number of hydrogen-bond donors (Lipinski definition) is 0. The number of rotatable bonds is 3. The van der Waals surface area contributed by atoms with Gasteiger partial charge in [0.25, 0.3) is 0 Å². The van der Waals surface area contributed by atoms with Crippen molar-refractivity contribution in [1.29, 1.82) is 0 Å². The Hall–Kier alpha value is -0.410. The van der Waals surface area contributed by atoms with Crippen LogP contribution in [0.3, 0.4) is 0 Å². The van der Waals surface area contributed by atoms with Crippen LogP contribution in [0.25, 0.3) is 0 Å². The Morgan fingerprint density at radius 1 is 1.15 bits per heavy atom. The molecule has 0 amide bonds. The van der Waals surface area contributed by atoms with Crippen LogP contribution in [0, 0.1) is 0 Å². The van der Waals surface area contributed by atoms with Gasteiger partial charge in [-0.1, -0.05) is 0 Å². The molecule has 3 heteroatoms. The molecule has 78 valence electrons. The zero-order valence-electron chi connectivity index (χ0n) is 9.76. The second-order valence-corrected chi connectivity index (χ2v) is 4.83. The third-order valence-corrected chi connectivity index (χ3v) is 2.16. The first-order chi connectivity index (χ1) is 5.57. The normalized spacial score (nSPS) is 13.5. The van der Waals surface area contributed by atoms with Crippen LogP contribution in [0.4, 0.5) is 0 Å². The van der Waals surface area contributed by atoms with Gasteiger partial charge >= 0.3 is 0 Å². The number of carbonyl (C=O) groups is 1. The molecule has 0 rings (SSSR count). The minimum Gasteiger partial charge on any atom is -0.297 e. The third kappa shape index (κ3) is 3.87. The summed E-state index contributed by atoms with van der Waals surface area (Å²) < 4.78 is 0. The molecule has 0 saturated heterocycles. The fourth-order valence-corrected chi connectivity index (χ4v) is 0.544. The largest absolute Gasteiger partial charge is 0.297 e. The van der Waals surface area contributed by atoms with Gasteiger partial charge in [0.15, 0.2) is 5.78 Å². The molecule has 0 unspecified atom stereocenters. The van der Waals surface area contributed by atoms with Gasteiger partial charge in [-0.25, -0.2) is 0 Å². The van der Waals surface area contributed by atoms with Crippen LogP contribution in [0.15, 0.2) is 0 Å². The van der Waals surface area contributed by atoms with Crippen molar-refractivity contribution in [2.75, 3.05) is 7.05 Å². The van der Waals surface area contributed by atoms with Gasteiger partial charge in [0.1, 0.15) is 5.60 Å². The number of ketones is 1. The summed E-state index contributed by atoms with van der Waals surface area (Å²) in [5.74, 6) is 0.0311. The third-order valence-electron chi connectivity index (χ3n) is 2.16. The molecule has 0 bridgehead atoms. The lowest BCUT2D eigenvalue weighted by Gasteiger charge is -2.36. The Labute approximate surface area is 81.0 Å². The summed E-state index contributed by atoms with van der Waals surface area (Å²) in [6, 6.07) is 0. The molecule has 0 aromatic heterocycles. The van der Waals surface area contributed by atoms with Crippen molar-refractivity contribution < 1.29 is 9.63 Å². The van der Waals surface area contributed by atoms with Crippen molar-refractivity contribution in [3.8, 4) is 0 Å². The topological polar surface area (TPSA) is 29.5 Å². The Morgan fingerprint density at radius 2 is 1.54 bits per heavy atom. The van der Waals surface area contributed by atoms with Crippen LogP contribution >= 0.6 is 0 Å². The summed E-state index contributed by atoms with van der Waals surface area (Å²) in [6.07, 6.45) is 0. The molecular formula is C10H21NO2. The number of Topliss-reactive ketones (excluding diaryl/α,β-unsaturated/α-hetero) is 1. The van der Waals surface area contributed by atoms with Gasteiger partial charge in [0.2, 0.25) is 0 Å². The molecule has 0 spiro atoms. The van der Waals surface area contributed by atoms with E-state index in [1.807, 2.05) is 27.8 Å². The van der Waals surface area contributed by atoms with Gasteiger partial charge in [-0.3, -0.25) is 9.63 Å². The highest BCUT2D eigenvalue weighted by Crippen LogP contribution is 2.18. The Balaban J connectivity index is 4.37. The van der Waals surface area contributed by atoms with Gasteiger partial charge in [-0.05, 0) is 41.5 Å². The van der Waals surface area contributed by atoms with E-state index in [4.69, 9.17) is 4.84 Å². The van der Waals surface area contributed by atoms with Gasteiger partial charge in [-0.2, -0.15) is 5.06 Å². The lowest BCUT2D eigenvalue weighted by molar-refractivity contribution is -0.250. The molecule has 0 aliphatic heterocycles. The summed E-state index contributed by atoms with van der Waals surface area (Å²) in [7, 11) is 1.84. The Bertz CT molecular complexity index is 192. The first-order valence-electron chi connectivity index (χ1n) is 4.51. The summed E-state index contributed by atoms with van der Waals surface area (Å²) in [6.45, 7) is 11.2. The first kappa shape index (κ1) is 12.6. The van der Waals surface area contributed by atoms with Crippen molar-refractivity contribution >= 4 is 5.78 Å². The van der Waals surface area contributed by atoms with E-state index in [9.17, 15) is 4.79 Å². The molecule has 0 aliphatic rings. The number of nitrogens with zero attached hydrogens (tertiary/aromatic N) is 1. The highest BCUT2D eigenvalue weighted by atomic mass is 16.7. The number of hydroxylamine groups is 2. The van der Waals surface area contributed by atoms with Crippen LogP contribution in [-0.4, -0.2) is 29.0 Å². The molecule has 0 aromatic carbocycles. The fourth-order valence-electron chi connectivity index (χ4n) is 0.544. The highest BCUT2D eigenvalue weighted by Gasteiger charge is 2.30. The molecule has 0 aliphatic carbocycles. The Kier molecular flexibility index (Phi) is 3.64. The summed E-state index contributed by atoms with van der Waals surface area (Å²) >= 11 is 0. The maximum Gasteiger partial charge on any atom is 0.163 e. The van der Waals surface area contributed by atoms with Crippen molar-refractivity contribution in [1.82, 2.24) is 5.06 Å². The van der Waals surface area contributed by atoms with E-state index in [-0.39, 0.29) is 11.3 Å².